The molecule has 0 amide bonds. The van der Waals surface area contributed by atoms with Crippen molar-refractivity contribution in [1.82, 2.24) is 44.9 Å². The van der Waals surface area contributed by atoms with Gasteiger partial charge in [0, 0.05) is 76.9 Å². The highest BCUT2D eigenvalue weighted by Gasteiger charge is 2.27. The minimum atomic E-state index is 0.249. The first kappa shape index (κ1) is 37.5. The number of hydrogen-bond acceptors (Lipinski definition) is 9. The molecule has 0 radical (unpaired) electrons. The molecule has 3 aliphatic rings. The summed E-state index contributed by atoms with van der Waals surface area (Å²) in [4.78, 5) is 39.0. The van der Waals surface area contributed by atoms with Crippen LogP contribution >= 0.6 is 36.7 Å². The van der Waals surface area contributed by atoms with Gasteiger partial charge in [-0.3, -0.25) is 15.0 Å². The fraction of sp³-hybridized carbons (Fsp3) is 0.133. The van der Waals surface area contributed by atoms with Gasteiger partial charge in [-0.1, -0.05) is 63.5 Å². The SMILES string of the molecule is CC1C(=S)Nc2cc3[nH]c(-c4ccccn4)nc3cc21.CC1C(=S)Nc2cc3[nH]c(-c4cccnc4)nc3cc21.CC1C(=S)Nc2cc3[nH]c(-c4ccncc4)nc3cc21. The van der Waals surface area contributed by atoms with Crippen LogP contribution in [0.3, 0.4) is 0 Å². The van der Waals surface area contributed by atoms with Gasteiger partial charge < -0.3 is 30.9 Å². The van der Waals surface area contributed by atoms with E-state index in [-0.39, 0.29) is 17.8 Å². The van der Waals surface area contributed by atoms with Crippen molar-refractivity contribution >= 4 is 102 Å². The van der Waals surface area contributed by atoms with E-state index >= 15 is 0 Å². The zero-order chi connectivity index (χ0) is 41.1. The number of rotatable bonds is 3. The van der Waals surface area contributed by atoms with Gasteiger partial charge in [0.25, 0.3) is 0 Å². The third-order valence-corrected chi connectivity index (χ3v) is 12.5. The highest BCUT2D eigenvalue weighted by molar-refractivity contribution is 7.81. The third kappa shape index (κ3) is 6.85. The number of benzene rings is 3. The molecule has 9 aromatic rings. The van der Waals surface area contributed by atoms with Gasteiger partial charge in [-0.15, -0.1) is 0 Å². The molecule has 0 saturated carbocycles. The second kappa shape index (κ2) is 15.1. The predicted octanol–water partition coefficient (Wildman–Crippen LogP) is 10.4. The first-order valence-corrected chi connectivity index (χ1v) is 20.6. The highest BCUT2D eigenvalue weighted by atomic mass is 32.1. The quantitative estimate of drug-likeness (QED) is 0.0936. The zero-order valence-corrected chi connectivity index (χ0v) is 35.0. The van der Waals surface area contributed by atoms with E-state index in [2.05, 4.69) is 118 Å². The van der Waals surface area contributed by atoms with Gasteiger partial charge in [-0.2, -0.15) is 0 Å². The summed E-state index contributed by atoms with van der Waals surface area (Å²) in [5.41, 5.74) is 15.6. The average molecular weight is 841 g/mol. The smallest absolute Gasteiger partial charge is 0.157 e. The highest BCUT2D eigenvalue weighted by Crippen LogP contribution is 2.38. The first-order chi connectivity index (χ1) is 29.2. The number of H-pyrrole nitrogens is 3. The molecular formula is C45H36N12S3. The van der Waals surface area contributed by atoms with E-state index in [1.54, 1.807) is 31.0 Å². The van der Waals surface area contributed by atoms with Crippen molar-refractivity contribution in [2.75, 3.05) is 16.0 Å². The van der Waals surface area contributed by atoms with Gasteiger partial charge >= 0.3 is 0 Å². The van der Waals surface area contributed by atoms with Crippen LogP contribution in [0.4, 0.5) is 17.1 Å². The number of anilines is 3. The standard InChI is InChI=1S/3C15H12N4S/c1-8-10-6-12-13(7-11(10)19-15(8)20)18-14(17-12)9-2-4-16-5-3-9;1-8-10-5-12-13(6-11(10)19-15(8)20)18-14(17-12)9-3-2-4-16-7-9;1-8-9-6-12-13(7-11(9)19-15(8)20)18-14(17-12)10-4-2-3-5-16-10/h3*2-8H,1H3,(H,17,18)(H,19,20). The van der Waals surface area contributed by atoms with E-state index in [9.17, 15) is 0 Å². The molecule has 0 saturated heterocycles. The van der Waals surface area contributed by atoms with E-state index in [0.717, 1.165) is 99.4 Å². The van der Waals surface area contributed by atoms with Crippen molar-refractivity contribution in [3.05, 3.63) is 127 Å². The molecule has 0 bridgehead atoms. The maximum absolute atomic E-state index is 5.31. The fourth-order valence-corrected chi connectivity index (χ4v) is 8.39. The lowest BCUT2D eigenvalue weighted by Crippen LogP contribution is -2.05. The summed E-state index contributed by atoms with van der Waals surface area (Å²) in [6, 6.07) is 26.1. The van der Waals surface area contributed by atoms with E-state index in [4.69, 9.17) is 36.7 Å². The number of pyridine rings is 3. The summed E-state index contributed by atoms with van der Waals surface area (Å²) in [5.74, 6) is 3.25. The minimum Gasteiger partial charge on any atom is -0.349 e. The number of aromatic amines is 3. The summed E-state index contributed by atoms with van der Waals surface area (Å²) < 4.78 is 0. The second-order valence-electron chi connectivity index (χ2n) is 15.0. The maximum Gasteiger partial charge on any atom is 0.157 e. The van der Waals surface area contributed by atoms with Gasteiger partial charge in [0.1, 0.15) is 17.3 Å². The van der Waals surface area contributed by atoms with Gasteiger partial charge in [0.2, 0.25) is 0 Å². The number of hydrogen-bond donors (Lipinski definition) is 6. The Balaban J connectivity index is 0.000000108. The van der Waals surface area contributed by atoms with Gasteiger partial charge in [-0.25, -0.2) is 15.0 Å². The monoisotopic (exact) mass is 840 g/mol. The molecule has 60 heavy (non-hydrogen) atoms. The summed E-state index contributed by atoms with van der Waals surface area (Å²) in [6.45, 7) is 6.34. The lowest BCUT2D eigenvalue weighted by atomic mass is 10.0. The molecule has 0 aliphatic carbocycles. The molecule has 15 heteroatoms. The molecule has 3 aliphatic heterocycles. The molecule has 0 spiro atoms. The second-order valence-corrected chi connectivity index (χ2v) is 16.3. The van der Waals surface area contributed by atoms with E-state index in [1.807, 2.05) is 42.5 Å². The van der Waals surface area contributed by atoms with Gasteiger partial charge in [0.05, 0.1) is 48.1 Å². The number of nitrogens with one attached hydrogen (secondary N) is 6. The predicted molar refractivity (Wildman–Crippen MR) is 252 cm³/mol. The molecule has 0 fully saturated rings. The van der Waals surface area contributed by atoms with Crippen molar-refractivity contribution in [2.24, 2.45) is 0 Å². The van der Waals surface area contributed by atoms with Crippen LogP contribution in [-0.2, 0) is 0 Å². The molecule has 6 aromatic heterocycles. The number of thiocarbonyl (C=S) groups is 3. The Morgan fingerprint density at radius 3 is 1.42 bits per heavy atom. The summed E-state index contributed by atoms with van der Waals surface area (Å²) >= 11 is 15.9. The van der Waals surface area contributed by atoms with Crippen LogP contribution in [0.1, 0.15) is 55.2 Å². The van der Waals surface area contributed by atoms with E-state index < -0.39 is 0 Å². The molecular weight excluding hydrogens is 805 g/mol. The number of fused-ring (bicyclic) bond motifs is 6. The number of nitrogens with zero attached hydrogens (tertiary/aromatic N) is 6. The van der Waals surface area contributed by atoms with Crippen LogP contribution in [0.5, 0.6) is 0 Å². The van der Waals surface area contributed by atoms with Crippen molar-refractivity contribution in [2.45, 2.75) is 38.5 Å². The van der Waals surface area contributed by atoms with Crippen molar-refractivity contribution < 1.29 is 0 Å². The van der Waals surface area contributed by atoms with E-state index in [0.29, 0.717) is 0 Å². The van der Waals surface area contributed by atoms with Crippen LogP contribution in [0, 0.1) is 0 Å². The molecule has 12 rings (SSSR count). The molecule has 9 heterocycles. The zero-order valence-electron chi connectivity index (χ0n) is 32.5. The van der Waals surface area contributed by atoms with Crippen LogP contribution in [0.25, 0.3) is 67.4 Å². The normalized spacial score (nSPS) is 17.2. The Bertz CT molecular complexity index is 2800. The Hall–Kier alpha value is -6.81. The molecule has 3 aromatic carbocycles. The molecule has 3 atom stereocenters. The number of imidazole rings is 3. The lowest BCUT2D eigenvalue weighted by Gasteiger charge is -2.00. The Labute approximate surface area is 360 Å². The number of aromatic nitrogens is 9. The van der Waals surface area contributed by atoms with Crippen LogP contribution in [0.15, 0.2) is 110 Å². The Kier molecular flexibility index (Phi) is 9.42. The van der Waals surface area contributed by atoms with E-state index in [1.165, 1.54) is 16.7 Å². The third-order valence-electron chi connectivity index (χ3n) is 11.1. The molecule has 294 valence electrons. The fourth-order valence-electron chi connectivity index (χ4n) is 7.68. The minimum absolute atomic E-state index is 0.249. The lowest BCUT2D eigenvalue weighted by molar-refractivity contribution is 1.07. The average Bonchev–Trinajstić information content (AvgIpc) is 4.13. The summed E-state index contributed by atoms with van der Waals surface area (Å²) in [7, 11) is 0. The van der Waals surface area contributed by atoms with Crippen molar-refractivity contribution in [3.8, 4) is 34.3 Å². The summed E-state index contributed by atoms with van der Waals surface area (Å²) in [5, 5.41) is 9.78. The molecule has 6 N–H and O–H groups in total. The summed E-state index contributed by atoms with van der Waals surface area (Å²) in [6.07, 6.45) is 8.87. The van der Waals surface area contributed by atoms with Crippen LogP contribution in [0.2, 0.25) is 0 Å². The molecule has 12 nitrogen and oxygen atoms in total. The Morgan fingerprint density at radius 1 is 0.467 bits per heavy atom. The molecule has 3 unspecified atom stereocenters. The van der Waals surface area contributed by atoms with Crippen molar-refractivity contribution in [1.29, 1.82) is 0 Å². The maximum atomic E-state index is 5.31. The van der Waals surface area contributed by atoms with Gasteiger partial charge in [0.15, 0.2) is 5.82 Å². The first-order valence-electron chi connectivity index (χ1n) is 19.4. The Morgan fingerprint density at radius 2 is 0.950 bits per heavy atom. The van der Waals surface area contributed by atoms with Crippen LogP contribution < -0.4 is 16.0 Å². The van der Waals surface area contributed by atoms with Crippen molar-refractivity contribution in [3.63, 3.8) is 0 Å². The van der Waals surface area contributed by atoms with Gasteiger partial charge in [-0.05, 0) is 89.5 Å². The topological polar surface area (TPSA) is 161 Å². The largest absolute Gasteiger partial charge is 0.349 e. The van der Waals surface area contributed by atoms with Crippen LogP contribution in [-0.4, -0.2) is 59.8 Å².